The van der Waals surface area contributed by atoms with Crippen LogP contribution in [0.1, 0.15) is 43.0 Å². The second kappa shape index (κ2) is 5.62. The zero-order chi connectivity index (χ0) is 13.2. The van der Waals surface area contributed by atoms with Crippen LogP contribution in [0.3, 0.4) is 0 Å². The summed E-state index contributed by atoms with van der Waals surface area (Å²) in [6.45, 7) is 2.98. The van der Waals surface area contributed by atoms with E-state index in [1.54, 1.807) is 18.2 Å². The molecule has 1 saturated carbocycles. The van der Waals surface area contributed by atoms with Gasteiger partial charge in [0.2, 0.25) is 0 Å². The Bertz CT molecular complexity index is 457. The van der Waals surface area contributed by atoms with Crippen molar-refractivity contribution in [2.45, 2.75) is 32.6 Å². The van der Waals surface area contributed by atoms with Crippen molar-refractivity contribution in [3.05, 3.63) is 33.3 Å². The number of rotatable bonds is 5. The molecule has 0 aromatic heterocycles. The molecule has 2 nitrogen and oxygen atoms in total. The third kappa shape index (κ3) is 3.27. The van der Waals surface area contributed by atoms with Crippen molar-refractivity contribution in [2.75, 3.05) is 6.54 Å². The van der Waals surface area contributed by atoms with Crippen LogP contribution >= 0.6 is 27.5 Å². The van der Waals surface area contributed by atoms with E-state index in [2.05, 4.69) is 28.2 Å². The molecule has 1 aromatic carbocycles. The Morgan fingerprint density at radius 2 is 2.22 bits per heavy atom. The summed E-state index contributed by atoms with van der Waals surface area (Å²) < 4.78 is 0.811. The van der Waals surface area contributed by atoms with Crippen molar-refractivity contribution in [3.8, 4) is 0 Å². The molecule has 0 radical (unpaired) electrons. The highest BCUT2D eigenvalue weighted by atomic mass is 79.9. The maximum Gasteiger partial charge on any atom is 0.251 e. The zero-order valence-electron chi connectivity index (χ0n) is 10.4. The van der Waals surface area contributed by atoms with Crippen LogP contribution in [0.15, 0.2) is 22.7 Å². The van der Waals surface area contributed by atoms with Crippen molar-refractivity contribution in [1.82, 2.24) is 5.32 Å². The molecule has 1 aliphatic carbocycles. The summed E-state index contributed by atoms with van der Waals surface area (Å²) in [7, 11) is 0. The molecular formula is C14H17BrClNO. The first-order valence-electron chi connectivity index (χ1n) is 6.29. The fraction of sp³-hybridized carbons (Fsp3) is 0.500. The largest absolute Gasteiger partial charge is 0.351 e. The standard InChI is InChI=1S/C14H17BrClNO/c1-2-5-14(6-7-14)9-17-13(18)10-3-4-11(15)12(16)8-10/h3-4,8H,2,5-7,9H2,1H3,(H,17,18). The number of nitrogens with one attached hydrogen (secondary N) is 1. The molecule has 1 fully saturated rings. The lowest BCUT2D eigenvalue weighted by atomic mass is 10.0. The van der Waals surface area contributed by atoms with Gasteiger partial charge in [0.15, 0.2) is 0 Å². The zero-order valence-corrected chi connectivity index (χ0v) is 12.8. The Balaban J connectivity index is 1.93. The van der Waals surface area contributed by atoms with Crippen LogP contribution in [0.25, 0.3) is 0 Å². The average Bonchev–Trinajstić information content (AvgIpc) is 3.11. The fourth-order valence-corrected chi connectivity index (χ4v) is 2.66. The summed E-state index contributed by atoms with van der Waals surface area (Å²) in [5.74, 6) is -0.0354. The van der Waals surface area contributed by atoms with Gasteiger partial charge < -0.3 is 5.32 Å². The minimum Gasteiger partial charge on any atom is -0.351 e. The van der Waals surface area contributed by atoms with Gasteiger partial charge in [0.1, 0.15) is 0 Å². The Morgan fingerprint density at radius 1 is 1.50 bits per heavy atom. The highest BCUT2D eigenvalue weighted by Gasteiger charge is 2.41. The number of benzene rings is 1. The van der Waals surface area contributed by atoms with Gasteiger partial charge >= 0.3 is 0 Å². The molecule has 0 spiro atoms. The van der Waals surface area contributed by atoms with Crippen molar-refractivity contribution in [3.63, 3.8) is 0 Å². The predicted molar refractivity (Wildman–Crippen MR) is 78.1 cm³/mol. The maximum atomic E-state index is 12.0. The Kier molecular flexibility index (Phi) is 4.33. The van der Waals surface area contributed by atoms with Gasteiger partial charge in [0, 0.05) is 16.6 Å². The highest BCUT2D eigenvalue weighted by molar-refractivity contribution is 9.10. The lowest BCUT2D eigenvalue weighted by Crippen LogP contribution is -2.30. The second-order valence-electron chi connectivity index (χ2n) is 5.06. The summed E-state index contributed by atoms with van der Waals surface area (Å²) in [5.41, 5.74) is 0.999. The quantitative estimate of drug-likeness (QED) is 0.851. The molecule has 1 aliphatic rings. The maximum absolute atomic E-state index is 12.0. The third-order valence-electron chi connectivity index (χ3n) is 3.54. The minimum atomic E-state index is -0.0354. The first-order valence-corrected chi connectivity index (χ1v) is 7.47. The second-order valence-corrected chi connectivity index (χ2v) is 6.32. The van der Waals surface area contributed by atoms with Crippen LogP contribution in [-0.2, 0) is 0 Å². The molecule has 0 aliphatic heterocycles. The molecule has 18 heavy (non-hydrogen) atoms. The van der Waals surface area contributed by atoms with Crippen molar-refractivity contribution in [2.24, 2.45) is 5.41 Å². The Labute approximate surface area is 121 Å². The van der Waals surface area contributed by atoms with Gasteiger partial charge in [-0.15, -0.1) is 0 Å². The van der Waals surface area contributed by atoms with E-state index in [1.165, 1.54) is 25.7 Å². The van der Waals surface area contributed by atoms with Gasteiger partial charge in [-0.25, -0.2) is 0 Å². The first kappa shape index (κ1) is 13.9. The van der Waals surface area contributed by atoms with Crippen LogP contribution in [0, 0.1) is 5.41 Å². The molecule has 1 N–H and O–H groups in total. The number of amides is 1. The van der Waals surface area contributed by atoms with E-state index in [0.717, 1.165) is 11.0 Å². The molecule has 0 unspecified atom stereocenters. The molecule has 1 amide bonds. The van der Waals surface area contributed by atoms with Crippen molar-refractivity contribution < 1.29 is 4.79 Å². The van der Waals surface area contributed by atoms with Crippen LogP contribution in [0.4, 0.5) is 0 Å². The van der Waals surface area contributed by atoms with Gasteiger partial charge in [-0.3, -0.25) is 4.79 Å². The van der Waals surface area contributed by atoms with Crippen LogP contribution in [-0.4, -0.2) is 12.5 Å². The monoisotopic (exact) mass is 329 g/mol. The molecular weight excluding hydrogens is 314 g/mol. The van der Waals surface area contributed by atoms with Crippen molar-refractivity contribution >= 4 is 33.4 Å². The van der Waals surface area contributed by atoms with Gasteiger partial charge in [-0.2, -0.15) is 0 Å². The van der Waals surface area contributed by atoms with E-state index in [1.807, 2.05) is 0 Å². The lowest BCUT2D eigenvalue weighted by molar-refractivity contribution is 0.0943. The summed E-state index contributed by atoms with van der Waals surface area (Å²) in [4.78, 5) is 12.0. The molecule has 98 valence electrons. The van der Waals surface area contributed by atoms with E-state index < -0.39 is 0 Å². The Morgan fingerprint density at radius 3 is 2.78 bits per heavy atom. The van der Waals surface area contributed by atoms with E-state index >= 15 is 0 Å². The van der Waals surface area contributed by atoms with Crippen LogP contribution < -0.4 is 5.32 Å². The van der Waals surface area contributed by atoms with E-state index in [0.29, 0.717) is 16.0 Å². The molecule has 0 saturated heterocycles. The van der Waals surface area contributed by atoms with Gasteiger partial charge in [-0.1, -0.05) is 24.9 Å². The predicted octanol–water partition coefficient (Wildman–Crippen LogP) is 4.41. The first-order chi connectivity index (χ1) is 8.56. The van der Waals surface area contributed by atoms with Gasteiger partial charge in [0.05, 0.1) is 5.02 Å². The van der Waals surface area contributed by atoms with Gasteiger partial charge in [0.25, 0.3) is 5.91 Å². The summed E-state index contributed by atoms with van der Waals surface area (Å²) >= 11 is 9.30. The molecule has 0 bridgehead atoms. The number of hydrogen-bond acceptors (Lipinski definition) is 1. The average molecular weight is 331 g/mol. The van der Waals surface area contributed by atoms with Gasteiger partial charge in [-0.05, 0) is 58.8 Å². The SMILES string of the molecule is CCCC1(CNC(=O)c2ccc(Br)c(Cl)c2)CC1. The number of carbonyl (C=O) groups excluding carboxylic acids is 1. The number of halogens is 2. The smallest absolute Gasteiger partial charge is 0.251 e. The Hall–Kier alpha value is -0.540. The highest BCUT2D eigenvalue weighted by Crippen LogP contribution is 2.48. The minimum absolute atomic E-state index is 0.0354. The number of hydrogen-bond donors (Lipinski definition) is 1. The van der Waals surface area contributed by atoms with E-state index in [4.69, 9.17) is 11.6 Å². The summed E-state index contributed by atoms with van der Waals surface area (Å²) in [6, 6.07) is 5.28. The topological polar surface area (TPSA) is 29.1 Å². The normalized spacial score (nSPS) is 16.4. The lowest BCUT2D eigenvalue weighted by Gasteiger charge is -2.15. The molecule has 2 rings (SSSR count). The molecule has 4 heteroatoms. The summed E-state index contributed by atoms with van der Waals surface area (Å²) in [5, 5.41) is 3.59. The molecule has 0 atom stereocenters. The molecule has 0 heterocycles. The van der Waals surface area contributed by atoms with E-state index in [9.17, 15) is 4.79 Å². The van der Waals surface area contributed by atoms with Crippen LogP contribution in [0.5, 0.6) is 0 Å². The van der Waals surface area contributed by atoms with Crippen molar-refractivity contribution in [1.29, 1.82) is 0 Å². The summed E-state index contributed by atoms with van der Waals surface area (Å²) in [6.07, 6.45) is 4.86. The number of carbonyl (C=O) groups is 1. The molecule has 1 aromatic rings. The van der Waals surface area contributed by atoms with Crippen LogP contribution in [0.2, 0.25) is 5.02 Å². The third-order valence-corrected chi connectivity index (χ3v) is 4.78. The fourth-order valence-electron chi connectivity index (χ4n) is 2.23. The van der Waals surface area contributed by atoms with E-state index in [-0.39, 0.29) is 5.91 Å².